The molecule has 2 aromatic heterocycles. The number of amides is 2. The third-order valence-electron chi connectivity index (χ3n) is 1.99. The SMILES string of the molecule is Cc1nsc(NC(=O)Nc2cncc(C(=O)O)c2)n1. The summed E-state index contributed by atoms with van der Waals surface area (Å²) in [6.07, 6.45) is 2.54. The molecule has 2 heterocycles. The van der Waals surface area contributed by atoms with Gasteiger partial charge in [0.1, 0.15) is 5.82 Å². The Morgan fingerprint density at radius 1 is 1.32 bits per heavy atom. The zero-order valence-corrected chi connectivity index (χ0v) is 10.6. The average Bonchev–Trinajstić information content (AvgIpc) is 2.74. The third kappa shape index (κ3) is 3.45. The van der Waals surface area contributed by atoms with E-state index in [1.54, 1.807) is 6.92 Å². The molecule has 0 aliphatic carbocycles. The summed E-state index contributed by atoms with van der Waals surface area (Å²) in [4.78, 5) is 30.0. The van der Waals surface area contributed by atoms with E-state index in [-0.39, 0.29) is 11.3 Å². The molecule has 0 saturated carbocycles. The standard InChI is InChI=1S/C10H9N5O3S/c1-5-12-10(19-15-5)14-9(18)13-7-2-6(8(16)17)3-11-4-7/h2-4H,1H3,(H,16,17)(H2,12,13,14,15,18). The van der Waals surface area contributed by atoms with Gasteiger partial charge in [0.2, 0.25) is 5.13 Å². The van der Waals surface area contributed by atoms with E-state index in [1.807, 2.05) is 0 Å². The van der Waals surface area contributed by atoms with Gasteiger partial charge in [-0.2, -0.15) is 4.37 Å². The minimum Gasteiger partial charge on any atom is -0.478 e. The van der Waals surface area contributed by atoms with Crippen LogP contribution >= 0.6 is 11.5 Å². The molecule has 2 aromatic rings. The lowest BCUT2D eigenvalue weighted by molar-refractivity contribution is 0.0696. The number of nitrogens with zero attached hydrogens (tertiary/aromatic N) is 3. The fourth-order valence-electron chi connectivity index (χ4n) is 1.23. The molecule has 0 aromatic carbocycles. The molecule has 0 saturated heterocycles. The molecular formula is C10H9N5O3S. The number of aryl methyl sites for hydroxylation is 1. The number of pyridine rings is 1. The maximum Gasteiger partial charge on any atom is 0.337 e. The van der Waals surface area contributed by atoms with Crippen LogP contribution in [0.1, 0.15) is 16.2 Å². The van der Waals surface area contributed by atoms with Crippen molar-refractivity contribution < 1.29 is 14.7 Å². The number of urea groups is 1. The van der Waals surface area contributed by atoms with Gasteiger partial charge in [-0.15, -0.1) is 0 Å². The summed E-state index contributed by atoms with van der Waals surface area (Å²) in [5, 5.41) is 14.1. The molecular weight excluding hydrogens is 270 g/mol. The summed E-state index contributed by atoms with van der Waals surface area (Å²) in [6.45, 7) is 1.71. The largest absolute Gasteiger partial charge is 0.478 e. The molecule has 19 heavy (non-hydrogen) atoms. The van der Waals surface area contributed by atoms with Crippen LogP contribution in [0, 0.1) is 6.92 Å². The molecule has 0 spiro atoms. The van der Waals surface area contributed by atoms with Crippen LogP contribution in [-0.2, 0) is 0 Å². The van der Waals surface area contributed by atoms with Gasteiger partial charge in [0.25, 0.3) is 0 Å². The Morgan fingerprint density at radius 2 is 2.11 bits per heavy atom. The molecule has 2 rings (SSSR count). The number of hydrogen-bond acceptors (Lipinski definition) is 6. The van der Waals surface area contributed by atoms with Crippen molar-refractivity contribution in [2.45, 2.75) is 6.92 Å². The number of carbonyl (C=O) groups excluding carboxylic acids is 1. The molecule has 0 unspecified atom stereocenters. The van der Waals surface area contributed by atoms with Gasteiger partial charge in [-0.1, -0.05) is 0 Å². The molecule has 9 heteroatoms. The Morgan fingerprint density at radius 3 is 2.74 bits per heavy atom. The fourth-order valence-corrected chi connectivity index (χ4v) is 1.80. The number of aromatic carboxylic acids is 1. The van der Waals surface area contributed by atoms with Crippen molar-refractivity contribution in [2.24, 2.45) is 0 Å². The Kier molecular flexibility index (Phi) is 3.66. The summed E-state index contributed by atoms with van der Waals surface area (Å²) < 4.78 is 3.91. The minimum atomic E-state index is -1.11. The van der Waals surface area contributed by atoms with Crippen LogP contribution in [-0.4, -0.2) is 31.4 Å². The van der Waals surface area contributed by atoms with E-state index in [4.69, 9.17) is 5.11 Å². The summed E-state index contributed by atoms with van der Waals surface area (Å²) >= 11 is 1.05. The highest BCUT2D eigenvalue weighted by atomic mass is 32.1. The molecule has 2 amide bonds. The van der Waals surface area contributed by atoms with Gasteiger partial charge in [0, 0.05) is 17.7 Å². The lowest BCUT2D eigenvalue weighted by Crippen LogP contribution is -2.19. The summed E-state index contributed by atoms with van der Waals surface area (Å²) in [6, 6.07) is 0.765. The summed E-state index contributed by atoms with van der Waals surface area (Å²) in [7, 11) is 0. The van der Waals surface area contributed by atoms with E-state index in [0.29, 0.717) is 11.0 Å². The molecule has 98 valence electrons. The molecule has 0 radical (unpaired) electrons. The molecule has 8 nitrogen and oxygen atoms in total. The predicted octanol–water partition coefficient (Wildman–Crippen LogP) is 1.58. The zero-order chi connectivity index (χ0) is 13.8. The van der Waals surface area contributed by atoms with Crippen molar-refractivity contribution in [1.82, 2.24) is 14.3 Å². The van der Waals surface area contributed by atoms with E-state index in [1.165, 1.54) is 18.5 Å². The van der Waals surface area contributed by atoms with Crippen LogP contribution in [0.5, 0.6) is 0 Å². The van der Waals surface area contributed by atoms with Crippen LogP contribution in [0.4, 0.5) is 15.6 Å². The van der Waals surface area contributed by atoms with Crippen molar-refractivity contribution in [3.05, 3.63) is 29.8 Å². The van der Waals surface area contributed by atoms with Gasteiger partial charge in [0.05, 0.1) is 17.4 Å². The normalized spacial score (nSPS) is 9.95. The fraction of sp³-hybridized carbons (Fsp3) is 0.100. The molecule has 3 N–H and O–H groups in total. The Hall–Kier alpha value is -2.55. The highest BCUT2D eigenvalue weighted by molar-refractivity contribution is 7.09. The van der Waals surface area contributed by atoms with Crippen LogP contribution in [0.25, 0.3) is 0 Å². The monoisotopic (exact) mass is 279 g/mol. The van der Waals surface area contributed by atoms with Crippen LogP contribution in [0.3, 0.4) is 0 Å². The van der Waals surface area contributed by atoms with Gasteiger partial charge in [-0.05, 0) is 13.0 Å². The van der Waals surface area contributed by atoms with Gasteiger partial charge >= 0.3 is 12.0 Å². The summed E-state index contributed by atoms with van der Waals surface area (Å²) in [5.74, 6) is -0.550. The number of nitrogens with one attached hydrogen (secondary N) is 2. The highest BCUT2D eigenvalue weighted by Crippen LogP contribution is 2.12. The quantitative estimate of drug-likeness (QED) is 0.785. The highest BCUT2D eigenvalue weighted by Gasteiger charge is 2.08. The smallest absolute Gasteiger partial charge is 0.337 e. The van der Waals surface area contributed by atoms with Crippen molar-refractivity contribution in [1.29, 1.82) is 0 Å². The second kappa shape index (κ2) is 5.40. The zero-order valence-electron chi connectivity index (χ0n) is 9.75. The Balaban J connectivity index is 2.02. The lowest BCUT2D eigenvalue weighted by Gasteiger charge is -2.05. The number of rotatable bonds is 3. The van der Waals surface area contributed by atoms with E-state index in [9.17, 15) is 9.59 Å². The van der Waals surface area contributed by atoms with Gasteiger partial charge < -0.3 is 10.4 Å². The van der Waals surface area contributed by atoms with Crippen LogP contribution in [0.2, 0.25) is 0 Å². The Labute approximate surface area is 111 Å². The molecule has 0 fully saturated rings. The van der Waals surface area contributed by atoms with Crippen molar-refractivity contribution >= 4 is 34.4 Å². The van der Waals surface area contributed by atoms with Crippen molar-refractivity contribution in [3.63, 3.8) is 0 Å². The van der Waals surface area contributed by atoms with Crippen molar-refractivity contribution in [2.75, 3.05) is 10.6 Å². The average molecular weight is 279 g/mol. The Bertz CT molecular complexity index is 627. The lowest BCUT2D eigenvalue weighted by atomic mass is 10.3. The number of anilines is 2. The molecule has 0 aliphatic heterocycles. The topological polar surface area (TPSA) is 117 Å². The number of carboxylic acids is 1. The minimum absolute atomic E-state index is 0.00967. The van der Waals surface area contributed by atoms with Crippen LogP contribution in [0.15, 0.2) is 18.5 Å². The first-order valence-corrected chi connectivity index (χ1v) is 5.88. The third-order valence-corrected chi connectivity index (χ3v) is 2.71. The van der Waals surface area contributed by atoms with Crippen molar-refractivity contribution in [3.8, 4) is 0 Å². The maximum absolute atomic E-state index is 11.6. The first-order chi connectivity index (χ1) is 9.04. The van der Waals surface area contributed by atoms with E-state index < -0.39 is 12.0 Å². The summed E-state index contributed by atoms with van der Waals surface area (Å²) in [5.41, 5.74) is 0.267. The molecule has 0 bridgehead atoms. The first kappa shape index (κ1) is 12.9. The predicted molar refractivity (Wildman–Crippen MR) is 68.5 cm³/mol. The number of aromatic nitrogens is 3. The number of carbonyl (C=O) groups is 2. The van der Waals surface area contributed by atoms with Gasteiger partial charge in [-0.25, -0.2) is 14.6 Å². The maximum atomic E-state index is 11.6. The van der Waals surface area contributed by atoms with E-state index in [0.717, 1.165) is 11.5 Å². The van der Waals surface area contributed by atoms with E-state index in [2.05, 4.69) is 25.0 Å². The first-order valence-electron chi connectivity index (χ1n) is 5.11. The molecule has 0 aliphatic rings. The second-order valence-electron chi connectivity index (χ2n) is 3.49. The number of carboxylic acid groups (broad SMARTS) is 1. The molecule has 0 atom stereocenters. The van der Waals surface area contributed by atoms with E-state index >= 15 is 0 Å². The number of hydrogen-bond donors (Lipinski definition) is 3. The van der Waals surface area contributed by atoms with Crippen LogP contribution < -0.4 is 10.6 Å². The van der Waals surface area contributed by atoms with Gasteiger partial charge in [0.15, 0.2) is 0 Å². The van der Waals surface area contributed by atoms with Gasteiger partial charge in [-0.3, -0.25) is 10.3 Å². The second-order valence-corrected chi connectivity index (χ2v) is 4.25.